The molecule has 1 aliphatic heterocycles. The van der Waals surface area contributed by atoms with Crippen molar-refractivity contribution in [1.29, 1.82) is 0 Å². The number of halogens is 5. The van der Waals surface area contributed by atoms with Gasteiger partial charge in [0.1, 0.15) is 5.15 Å². The number of aromatic nitrogens is 3. The summed E-state index contributed by atoms with van der Waals surface area (Å²) in [6.45, 7) is 0.405. The Kier molecular flexibility index (Phi) is 5.40. The van der Waals surface area contributed by atoms with Gasteiger partial charge in [-0.1, -0.05) is 23.7 Å². The van der Waals surface area contributed by atoms with Crippen molar-refractivity contribution < 1.29 is 26.8 Å². The number of pyridine rings is 2. The fraction of sp³-hybridized carbons (Fsp3) is 0.174. The first kappa shape index (κ1) is 22.1. The fourth-order valence-corrected chi connectivity index (χ4v) is 4.12. The van der Waals surface area contributed by atoms with Crippen LogP contribution in [0.1, 0.15) is 28.2 Å². The number of hydrogen-bond donors (Lipinski definition) is 0. The molecule has 0 bridgehead atoms. The lowest BCUT2D eigenvalue weighted by atomic mass is 10.0. The van der Waals surface area contributed by atoms with Gasteiger partial charge < -0.3 is 9.32 Å². The number of fused-ring (bicyclic) bond motifs is 1. The summed E-state index contributed by atoms with van der Waals surface area (Å²) in [5.74, 6) is -1.21. The van der Waals surface area contributed by atoms with Crippen molar-refractivity contribution in [2.45, 2.75) is 12.6 Å². The lowest BCUT2D eigenvalue weighted by Gasteiger charge is -2.25. The third-order valence-corrected chi connectivity index (χ3v) is 5.93. The largest absolute Gasteiger partial charge is 0.472 e. The van der Waals surface area contributed by atoms with Crippen molar-refractivity contribution in [3.8, 4) is 11.1 Å². The standard InChI is InChI=1S/C23H15ClF4N4O2/c24-20-19(22(33)31-7-4-13(5-8-31)17-2-1-3-18(25)29-17)30-21-16(23(26,27)28)10-15(11-32(20)21)14-6-9-34-12-14/h1-4,6,9-12H,5,7-8H2. The Morgan fingerprint density at radius 3 is 2.62 bits per heavy atom. The Hall–Kier alpha value is -3.66. The van der Waals surface area contributed by atoms with E-state index in [1.54, 1.807) is 18.2 Å². The predicted molar refractivity (Wildman–Crippen MR) is 116 cm³/mol. The molecule has 4 aromatic rings. The monoisotopic (exact) mass is 490 g/mol. The summed E-state index contributed by atoms with van der Waals surface area (Å²) in [4.78, 5) is 22.4. The maximum Gasteiger partial charge on any atom is 0.420 e. The normalized spacial score (nSPS) is 14.5. The molecule has 0 aliphatic carbocycles. The first-order valence-corrected chi connectivity index (χ1v) is 10.5. The van der Waals surface area contributed by atoms with Gasteiger partial charge in [0.2, 0.25) is 5.95 Å². The molecule has 5 rings (SSSR count). The van der Waals surface area contributed by atoms with Crippen LogP contribution in [0.25, 0.3) is 22.3 Å². The lowest BCUT2D eigenvalue weighted by molar-refractivity contribution is -0.136. The van der Waals surface area contributed by atoms with Crippen LogP contribution in [0, 0.1) is 5.95 Å². The quantitative estimate of drug-likeness (QED) is 0.272. The zero-order valence-corrected chi connectivity index (χ0v) is 18.1. The molecule has 1 aliphatic rings. The highest BCUT2D eigenvalue weighted by atomic mass is 35.5. The highest BCUT2D eigenvalue weighted by Crippen LogP contribution is 2.37. The minimum atomic E-state index is -4.73. The molecule has 0 N–H and O–H groups in total. The van der Waals surface area contributed by atoms with Crippen LogP contribution in [0.5, 0.6) is 0 Å². The summed E-state index contributed by atoms with van der Waals surface area (Å²) < 4.78 is 60.9. The van der Waals surface area contributed by atoms with Crippen molar-refractivity contribution >= 4 is 28.7 Å². The molecule has 0 atom stereocenters. The molecule has 6 nitrogen and oxygen atoms in total. The number of carbonyl (C=O) groups is 1. The second-order valence-electron chi connectivity index (χ2n) is 7.67. The summed E-state index contributed by atoms with van der Waals surface area (Å²) >= 11 is 6.36. The molecule has 0 fully saturated rings. The number of rotatable bonds is 3. The van der Waals surface area contributed by atoms with E-state index >= 15 is 0 Å². The van der Waals surface area contributed by atoms with Crippen LogP contribution >= 0.6 is 11.6 Å². The zero-order chi connectivity index (χ0) is 24.0. The first-order chi connectivity index (χ1) is 16.2. The third kappa shape index (κ3) is 3.94. The maximum atomic E-state index is 13.8. The number of carbonyl (C=O) groups excluding carboxylic acids is 1. The molecule has 11 heteroatoms. The minimum Gasteiger partial charge on any atom is -0.472 e. The van der Waals surface area contributed by atoms with Gasteiger partial charge in [-0.05, 0) is 36.3 Å². The van der Waals surface area contributed by atoms with E-state index in [1.807, 2.05) is 0 Å². The van der Waals surface area contributed by atoms with Crippen LogP contribution in [0.2, 0.25) is 5.15 Å². The van der Waals surface area contributed by atoms with Crippen LogP contribution in [0.3, 0.4) is 0 Å². The van der Waals surface area contributed by atoms with E-state index in [0.717, 1.165) is 16.0 Å². The van der Waals surface area contributed by atoms with Gasteiger partial charge in [0.25, 0.3) is 5.91 Å². The highest BCUT2D eigenvalue weighted by Gasteiger charge is 2.36. The summed E-state index contributed by atoms with van der Waals surface area (Å²) in [7, 11) is 0. The number of amides is 1. The van der Waals surface area contributed by atoms with Gasteiger partial charge in [0.15, 0.2) is 11.3 Å². The number of nitrogens with zero attached hydrogens (tertiary/aromatic N) is 4. The summed E-state index contributed by atoms with van der Waals surface area (Å²) in [5.41, 5.74) is 0.102. The van der Waals surface area contributed by atoms with Crippen LogP contribution in [0.4, 0.5) is 17.6 Å². The Morgan fingerprint density at radius 1 is 1.15 bits per heavy atom. The average molecular weight is 491 g/mol. The van der Waals surface area contributed by atoms with Crippen LogP contribution < -0.4 is 0 Å². The van der Waals surface area contributed by atoms with Crippen LogP contribution in [-0.4, -0.2) is 38.3 Å². The van der Waals surface area contributed by atoms with E-state index in [-0.39, 0.29) is 29.5 Å². The second-order valence-corrected chi connectivity index (χ2v) is 8.03. The number of imidazole rings is 1. The summed E-state index contributed by atoms with van der Waals surface area (Å²) in [5, 5.41) is -0.225. The molecule has 0 aromatic carbocycles. The van der Waals surface area contributed by atoms with Gasteiger partial charge >= 0.3 is 6.18 Å². The van der Waals surface area contributed by atoms with E-state index in [0.29, 0.717) is 17.7 Å². The fourth-order valence-electron chi connectivity index (χ4n) is 3.87. The summed E-state index contributed by atoms with van der Waals surface area (Å²) in [6.07, 6.45) is 1.43. The third-order valence-electron chi connectivity index (χ3n) is 5.56. The van der Waals surface area contributed by atoms with E-state index in [2.05, 4.69) is 9.97 Å². The minimum absolute atomic E-state index is 0.156. The van der Waals surface area contributed by atoms with Gasteiger partial charge in [-0.15, -0.1) is 0 Å². The smallest absolute Gasteiger partial charge is 0.420 e. The molecule has 0 saturated heterocycles. The molecule has 174 valence electrons. The lowest BCUT2D eigenvalue weighted by Crippen LogP contribution is -2.35. The van der Waals surface area contributed by atoms with Gasteiger partial charge in [-0.3, -0.25) is 9.20 Å². The Balaban J connectivity index is 1.51. The second kappa shape index (κ2) is 8.28. The molecule has 0 unspecified atom stereocenters. The van der Waals surface area contributed by atoms with E-state index in [4.69, 9.17) is 16.0 Å². The molecule has 0 spiro atoms. The molecule has 0 saturated carbocycles. The maximum absolute atomic E-state index is 13.8. The van der Waals surface area contributed by atoms with E-state index in [9.17, 15) is 22.4 Å². The Bertz CT molecular complexity index is 1430. The van der Waals surface area contributed by atoms with Gasteiger partial charge in [-0.2, -0.15) is 17.6 Å². The SMILES string of the molecule is O=C(c1nc2c(C(F)(F)F)cc(-c3ccoc3)cn2c1Cl)N1CC=C(c2cccc(F)n2)CC1. The molecule has 4 aromatic heterocycles. The van der Waals surface area contributed by atoms with E-state index in [1.165, 1.54) is 35.8 Å². The predicted octanol–water partition coefficient (Wildman–Crippen LogP) is 5.73. The van der Waals surface area contributed by atoms with E-state index < -0.39 is 29.2 Å². The molecule has 0 radical (unpaired) electrons. The van der Waals surface area contributed by atoms with Gasteiger partial charge in [-0.25, -0.2) is 9.97 Å². The Morgan fingerprint density at radius 2 is 1.97 bits per heavy atom. The summed E-state index contributed by atoms with van der Waals surface area (Å²) in [6, 6.07) is 6.91. The molecule has 5 heterocycles. The molecular weight excluding hydrogens is 476 g/mol. The average Bonchev–Trinajstić information content (AvgIpc) is 3.46. The molecular formula is C23H15ClF4N4O2. The van der Waals surface area contributed by atoms with Crippen LogP contribution in [-0.2, 0) is 6.18 Å². The number of hydrogen-bond acceptors (Lipinski definition) is 4. The highest BCUT2D eigenvalue weighted by molar-refractivity contribution is 6.33. The van der Waals surface area contributed by atoms with Crippen molar-refractivity contribution in [1.82, 2.24) is 19.3 Å². The van der Waals surface area contributed by atoms with Crippen LogP contribution in [0.15, 0.2) is 59.5 Å². The number of furan rings is 1. The van der Waals surface area contributed by atoms with Crippen molar-refractivity contribution in [3.63, 3.8) is 0 Å². The molecule has 1 amide bonds. The van der Waals surface area contributed by atoms with Crippen molar-refractivity contribution in [2.75, 3.05) is 13.1 Å². The van der Waals surface area contributed by atoms with Gasteiger partial charge in [0, 0.05) is 30.4 Å². The first-order valence-electron chi connectivity index (χ1n) is 10.1. The topological polar surface area (TPSA) is 63.6 Å². The number of alkyl halides is 3. The Labute approximate surface area is 195 Å². The molecule has 34 heavy (non-hydrogen) atoms. The zero-order valence-electron chi connectivity index (χ0n) is 17.3. The van der Waals surface area contributed by atoms with Gasteiger partial charge in [0.05, 0.1) is 23.8 Å². The van der Waals surface area contributed by atoms with Crippen molar-refractivity contribution in [2.24, 2.45) is 0 Å². The van der Waals surface area contributed by atoms with Crippen molar-refractivity contribution in [3.05, 3.63) is 83.2 Å².